The lowest BCUT2D eigenvalue weighted by Gasteiger charge is -2.31. The third-order valence-corrected chi connectivity index (χ3v) is 6.53. The van der Waals surface area contributed by atoms with Crippen LogP contribution in [0.4, 0.5) is 5.95 Å². The maximum atomic E-state index is 13.7. The van der Waals surface area contributed by atoms with Gasteiger partial charge in [-0.1, -0.05) is 31.5 Å². The summed E-state index contributed by atoms with van der Waals surface area (Å²) in [5.74, 6) is 1.13. The van der Waals surface area contributed by atoms with Gasteiger partial charge < -0.3 is 15.2 Å². The number of nitrogens with two attached hydrogens (primary N) is 1. The molecule has 1 aliphatic rings. The predicted octanol–water partition coefficient (Wildman–Crippen LogP) is 1.62. The Hall–Kier alpha value is -3.53. The summed E-state index contributed by atoms with van der Waals surface area (Å²) in [4.78, 5) is 42.8. The number of piperidine rings is 1. The van der Waals surface area contributed by atoms with E-state index >= 15 is 0 Å². The topological polar surface area (TPSA) is 117 Å². The van der Waals surface area contributed by atoms with Gasteiger partial charge in [0.05, 0.1) is 12.1 Å². The quantitative estimate of drug-likeness (QED) is 0.463. The fourth-order valence-corrected chi connectivity index (χ4v) is 4.69. The number of benzene rings is 1. The molecule has 2 N–H and O–H groups in total. The molecule has 34 heavy (non-hydrogen) atoms. The van der Waals surface area contributed by atoms with Gasteiger partial charge in [-0.25, -0.2) is 14.8 Å². The van der Waals surface area contributed by atoms with Crippen molar-refractivity contribution >= 4 is 28.0 Å². The smallest absolute Gasteiger partial charge is 0.332 e. The van der Waals surface area contributed by atoms with E-state index in [0.29, 0.717) is 36.0 Å². The fourth-order valence-electron chi connectivity index (χ4n) is 4.69. The summed E-state index contributed by atoms with van der Waals surface area (Å²) in [5.41, 5.74) is 7.03. The van der Waals surface area contributed by atoms with Crippen LogP contribution in [0.15, 0.2) is 40.1 Å². The van der Waals surface area contributed by atoms with Crippen LogP contribution < -0.4 is 21.9 Å². The van der Waals surface area contributed by atoms with E-state index in [-0.39, 0.29) is 18.1 Å². The van der Waals surface area contributed by atoms with Crippen LogP contribution in [0.5, 0.6) is 0 Å². The summed E-state index contributed by atoms with van der Waals surface area (Å²) in [6, 6.07) is 7.70. The lowest BCUT2D eigenvalue weighted by atomic mass is 10.1. The molecule has 4 aromatic rings. The first kappa shape index (κ1) is 22.3. The van der Waals surface area contributed by atoms with E-state index in [0.717, 1.165) is 43.1 Å². The average Bonchev–Trinajstić information content (AvgIpc) is 3.23. The molecule has 0 amide bonds. The van der Waals surface area contributed by atoms with E-state index in [1.807, 2.05) is 28.8 Å². The zero-order chi connectivity index (χ0) is 23.8. The molecule has 1 fully saturated rings. The van der Waals surface area contributed by atoms with Gasteiger partial charge in [0.2, 0.25) is 5.95 Å². The Morgan fingerprint density at radius 1 is 1.15 bits per heavy atom. The van der Waals surface area contributed by atoms with Gasteiger partial charge in [0.15, 0.2) is 11.2 Å². The van der Waals surface area contributed by atoms with Crippen molar-refractivity contribution < 1.29 is 0 Å². The standard InChI is InChI=1S/C24H30N8O2/c1-3-4-12-31-20-21(28-23(31)30-11-7-9-17(25)14-30)29(2)24(34)32(22(20)33)15-19-26-13-16-8-5-6-10-18(16)27-19/h5-6,8,10,13,17H,3-4,7,9,11-12,14-15,25H2,1-2H3. The molecule has 1 aromatic carbocycles. The number of fused-ring (bicyclic) bond motifs is 2. The Morgan fingerprint density at radius 2 is 1.97 bits per heavy atom. The van der Waals surface area contributed by atoms with Crippen LogP contribution in [-0.4, -0.2) is 47.8 Å². The van der Waals surface area contributed by atoms with Crippen molar-refractivity contribution in [2.24, 2.45) is 12.8 Å². The van der Waals surface area contributed by atoms with E-state index in [2.05, 4.69) is 21.8 Å². The minimum absolute atomic E-state index is 0.00480. The highest BCUT2D eigenvalue weighted by molar-refractivity contribution is 5.77. The Bertz CT molecular complexity index is 1470. The minimum Gasteiger partial charge on any atom is -0.341 e. The van der Waals surface area contributed by atoms with Crippen LogP contribution >= 0.6 is 0 Å². The van der Waals surface area contributed by atoms with E-state index in [1.165, 1.54) is 9.13 Å². The van der Waals surface area contributed by atoms with Gasteiger partial charge in [0.25, 0.3) is 5.56 Å². The predicted molar refractivity (Wildman–Crippen MR) is 132 cm³/mol. The highest BCUT2D eigenvalue weighted by atomic mass is 16.2. The van der Waals surface area contributed by atoms with Gasteiger partial charge in [0, 0.05) is 44.3 Å². The number of nitrogens with zero attached hydrogens (tertiary/aromatic N) is 7. The first-order valence-corrected chi connectivity index (χ1v) is 11.9. The zero-order valence-electron chi connectivity index (χ0n) is 19.6. The number of aromatic nitrogens is 6. The summed E-state index contributed by atoms with van der Waals surface area (Å²) in [6.45, 7) is 4.27. The number of para-hydroxylation sites is 1. The Morgan fingerprint density at radius 3 is 2.76 bits per heavy atom. The van der Waals surface area contributed by atoms with Crippen LogP contribution in [0.25, 0.3) is 22.1 Å². The minimum atomic E-state index is -0.434. The second kappa shape index (κ2) is 9.02. The first-order valence-electron chi connectivity index (χ1n) is 11.9. The summed E-state index contributed by atoms with van der Waals surface area (Å²) in [6.07, 6.45) is 5.54. The molecular weight excluding hydrogens is 432 g/mol. The number of anilines is 1. The number of unbranched alkanes of at least 4 members (excludes halogenated alkanes) is 1. The van der Waals surface area contributed by atoms with Crippen molar-refractivity contribution in [2.75, 3.05) is 18.0 Å². The van der Waals surface area contributed by atoms with Gasteiger partial charge in [-0.05, 0) is 25.3 Å². The molecule has 10 nitrogen and oxygen atoms in total. The van der Waals surface area contributed by atoms with Gasteiger partial charge >= 0.3 is 5.69 Å². The molecule has 1 unspecified atom stereocenters. The molecule has 0 bridgehead atoms. The largest absolute Gasteiger partial charge is 0.341 e. The van der Waals surface area contributed by atoms with E-state index in [4.69, 9.17) is 10.7 Å². The molecule has 10 heteroatoms. The summed E-state index contributed by atoms with van der Waals surface area (Å²) in [7, 11) is 1.66. The Balaban J connectivity index is 1.65. The third-order valence-electron chi connectivity index (χ3n) is 6.53. The molecule has 0 saturated carbocycles. The van der Waals surface area contributed by atoms with Gasteiger partial charge in [-0.2, -0.15) is 4.98 Å². The number of rotatable bonds is 6. The van der Waals surface area contributed by atoms with Crippen molar-refractivity contribution in [1.82, 2.24) is 28.7 Å². The van der Waals surface area contributed by atoms with Crippen molar-refractivity contribution in [3.63, 3.8) is 0 Å². The molecule has 1 saturated heterocycles. The molecule has 1 aliphatic heterocycles. The van der Waals surface area contributed by atoms with Gasteiger partial charge in [0.1, 0.15) is 5.82 Å². The highest BCUT2D eigenvalue weighted by Crippen LogP contribution is 2.23. The van der Waals surface area contributed by atoms with Crippen molar-refractivity contribution in [3.8, 4) is 0 Å². The lowest BCUT2D eigenvalue weighted by Crippen LogP contribution is -2.44. The normalized spacial score (nSPS) is 16.6. The van der Waals surface area contributed by atoms with Gasteiger partial charge in [-0.15, -0.1) is 0 Å². The molecule has 0 aliphatic carbocycles. The molecule has 178 valence electrons. The monoisotopic (exact) mass is 462 g/mol. The number of imidazole rings is 1. The molecule has 5 rings (SSSR count). The Kier molecular flexibility index (Phi) is 5.91. The molecule has 4 heterocycles. The molecule has 0 spiro atoms. The SMILES string of the molecule is CCCCn1c(N2CCCC(N)C2)nc2c1c(=O)n(Cc1ncc3ccccc3n1)c(=O)n2C. The highest BCUT2D eigenvalue weighted by Gasteiger charge is 2.26. The second-order valence-corrected chi connectivity index (χ2v) is 9.02. The maximum Gasteiger partial charge on any atom is 0.332 e. The second-order valence-electron chi connectivity index (χ2n) is 9.02. The summed E-state index contributed by atoms with van der Waals surface area (Å²) < 4.78 is 4.63. The van der Waals surface area contributed by atoms with Crippen LogP contribution in [0.1, 0.15) is 38.4 Å². The van der Waals surface area contributed by atoms with Crippen LogP contribution in [0.3, 0.4) is 0 Å². The summed E-state index contributed by atoms with van der Waals surface area (Å²) >= 11 is 0. The lowest BCUT2D eigenvalue weighted by molar-refractivity contribution is 0.491. The summed E-state index contributed by atoms with van der Waals surface area (Å²) in [5, 5.41) is 0.906. The molecule has 3 aromatic heterocycles. The molecule has 0 radical (unpaired) electrons. The first-order chi connectivity index (χ1) is 16.5. The number of aryl methyl sites for hydroxylation is 2. The van der Waals surface area contributed by atoms with Crippen LogP contribution in [-0.2, 0) is 20.1 Å². The zero-order valence-corrected chi connectivity index (χ0v) is 19.6. The van der Waals surface area contributed by atoms with E-state index in [9.17, 15) is 9.59 Å². The van der Waals surface area contributed by atoms with Crippen LogP contribution in [0, 0.1) is 0 Å². The maximum absolute atomic E-state index is 13.7. The van der Waals surface area contributed by atoms with Gasteiger partial charge in [-0.3, -0.25) is 13.9 Å². The molecular formula is C24H30N8O2. The third kappa shape index (κ3) is 3.87. The van der Waals surface area contributed by atoms with Crippen molar-refractivity contribution in [2.45, 2.75) is 51.7 Å². The van der Waals surface area contributed by atoms with Crippen molar-refractivity contribution in [3.05, 3.63) is 57.1 Å². The Labute approximate surface area is 196 Å². The average molecular weight is 463 g/mol. The van der Waals surface area contributed by atoms with E-state index in [1.54, 1.807) is 13.2 Å². The molecule has 1 atom stereocenters. The fraction of sp³-hybridized carbons (Fsp3) is 0.458. The number of hydrogen-bond donors (Lipinski definition) is 1. The van der Waals surface area contributed by atoms with E-state index < -0.39 is 5.69 Å². The number of hydrogen-bond acceptors (Lipinski definition) is 7. The van der Waals surface area contributed by atoms with Crippen LogP contribution in [0.2, 0.25) is 0 Å². The van der Waals surface area contributed by atoms with Crippen molar-refractivity contribution in [1.29, 1.82) is 0 Å².